The Morgan fingerprint density at radius 2 is 1.82 bits per heavy atom. The van der Waals surface area contributed by atoms with Crippen LogP contribution in [-0.2, 0) is 4.79 Å². The zero-order valence-electron chi connectivity index (χ0n) is 21.7. The molecule has 6 rings (SSSR count). The van der Waals surface area contributed by atoms with Gasteiger partial charge in [0.05, 0.1) is 6.04 Å². The second-order valence-electron chi connectivity index (χ2n) is 10.8. The molecular weight excluding hydrogens is 504 g/mol. The summed E-state index contributed by atoms with van der Waals surface area (Å²) < 4.78 is 39.1. The van der Waals surface area contributed by atoms with Gasteiger partial charge in [0.2, 0.25) is 5.91 Å². The molecular formula is C30H33F2N3O4. The molecule has 1 amide bonds. The summed E-state index contributed by atoms with van der Waals surface area (Å²) in [4.78, 5) is 17.6. The standard InChI is InChI=1S/C30H33F2N3O4/c31-23-4-2-21-14-24(5-3-20(21)13-23)35-9-6-19(17-35)12-28(36)33-26(18-34-7-1-8-34)29(37)22-15-25(32)30-27(16-22)38-10-11-39-30/h2-5,13-16,19,26,29,37H,1,6-12,17-18H2,(H,33,36)/t19-,26-,29-/m1/s1. The van der Waals surface area contributed by atoms with Gasteiger partial charge in [0.15, 0.2) is 17.3 Å². The zero-order valence-corrected chi connectivity index (χ0v) is 21.7. The first-order valence-corrected chi connectivity index (χ1v) is 13.7. The van der Waals surface area contributed by atoms with E-state index in [9.17, 15) is 18.7 Å². The first kappa shape index (κ1) is 25.8. The maximum Gasteiger partial charge on any atom is 0.220 e. The zero-order chi connectivity index (χ0) is 26.9. The lowest BCUT2D eigenvalue weighted by atomic mass is 9.98. The molecule has 3 heterocycles. The van der Waals surface area contributed by atoms with Crippen LogP contribution in [0.2, 0.25) is 0 Å². The second kappa shape index (κ2) is 11.0. The minimum absolute atomic E-state index is 0.0601. The number of nitrogens with one attached hydrogen (secondary N) is 1. The number of fused-ring (bicyclic) bond motifs is 2. The average Bonchev–Trinajstić information content (AvgIpc) is 3.37. The number of hydrogen-bond acceptors (Lipinski definition) is 6. The van der Waals surface area contributed by atoms with Gasteiger partial charge in [-0.25, -0.2) is 8.78 Å². The van der Waals surface area contributed by atoms with E-state index in [0.29, 0.717) is 25.1 Å². The predicted octanol–water partition coefficient (Wildman–Crippen LogP) is 4.03. The Morgan fingerprint density at radius 1 is 1.03 bits per heavy atom. The van der Waals surface area contributed by atoms with E-state index >= 15 is 0 Å². The van der Waals surface area contributed by atoms with E-state index in [-0.39, 0.29) is 35.7 Å². The van der Waals surface area contributed by atoms with Crippen LogP contribution in [0.5, 0.6) is 11.5 Å². The maximum absolute atomic E-state index is 14.7. The number of benzene rings is 3. The van der Waals surface area contributed by atoms with Crippen molar-refractivity contribution in [1.29, 1.82) is 0 Å². The van der Waals surface area contributed by atoms with Gasteiger partial charge in [-0.15, -0.1) is 0 Å². The number of rotatable bonds is 8. The molecule has 0 unspecified atom stereocenters. The Kier molecular flexibility index (Phi) is 7.27. The van der Waals surface area contributed by atoms with Crippen molar-refractivity contribution in [1.82, 2.24) is 10.2 Å². The number of carbonyl (C=O) groups is 1. The summed E-state index contributed by atoms with van der Waals surface area (Å²) in [7, 11) is 0. The van der Waals surface area contributed by atoms with Gasteiger partial charge in [0, 0.05) is 31.7 Å². The molecule has 3 aromatic carbocycles. The molecule has 3 aliphatic rings. The van der Waals surface area contributed by atoms with Crippen LogP contribution in [0, 0.1) is 17.6 Å². The summed E-state index contributed by atoms with van der Waals surface area (Å²) in [6, 6.07) is 13.0. The van der Waals surface area contributed by atoms with Gasteiger partial charge in [0.1, 0.15) is 25.1 Å². The average molecular weight is 538 g/mol. The number of likely N-dealkylation sites (tertiary alicyclic amines) is 1. The highest BCUT2D eigenvalue weighted by atomic mass is 19.1. The van der Waals surface area contributed by atoms with E-state index in [1.54, 1.807) is 12.1 Å². The van der Waals surface area contributed by atoms with Crippen molar-refractivity contribution in [3.8, 4) is 11.5 Å². The van der Waals surface area contributed by atoms with Crippen LogP contribution < -0.4 is 19.7 Å². The minimum Gasteiger partial charge on any atom is -0.486 e. The normalized spacial score (nSPS) is 20.5. The molecule has 39 heavy (non-hydrogen) atoms. The molecule has 3 aliphatic heterocycles. The number of aliphatic hydroxyl groups excluding tert-OH is 1. The quantitative estimate of drug-likeness (QED) is 0.452. The summed E-state index contributed by atoms with van der Waals surface area (Å²) >= 11 is 0. The van der Waals surface area contributed by atoms with Crippen molar-refractivity contribution in [3.05, 3.63) is 65.7 Å². The predicted molar refractivity (Wildman–Crippen MR) is 144 cm³/mol. The van der Waals surface area contributed by atoms with Crippen molar-refractivity contribution in [3.63, 3.8) is 0 Å². The second-order valence-corrected chi connectivity index (χ2v) is 10.8. The number of aliphatic hydroxyl groups is 1. The monoisotopic (exact) mass is 537 g/mol. The van der Waals surface area contributed by atoms with Gasteiger partial charge in [-0.3, -0.25) is 4.79 Å². The van der Waals surface area contributed by atoms with Gasteiger partial charge >= 0.3 is 0 Å². The molecule has 7 nitrogen and oxygen atoms in total. The largest absolute Gasteiger partial charge is 0.486 e. The maximum atomic E-state index is 14.7. The SMILES string of the molecule is O=C(C[C@H]1CCN(c2ccc3cc(F)ccc3c2)C1)N[C@H](CN1CCC1)[C@H](O)c1cc(F)c2c(c1)OCCO2. The molecule has 0 aromatic heterocycles. The highest BCUT2D eigenvalue weighted by Crippen LogP contribution is 2.37. The molecule has 0 aliphatic carbocycles. The number of hydrogen-bond donors (Lipinski definition) is 2. The van der Waals surface area contributed by atoms with Crippen LogP contribution in [-0.4, -0.2) is 67.9 Å². The fourth-order valence-corrected chi connectivity index (χ4v) is 5.76. The highest BCUT2D eigenvalue weighted by molar-refractivity contribution is 5.86. The van der Waals surface area contributed by atoms with Crippen LogP contribution in [0.25, 0.3) is 10.8 Å². The fourth-order valence-electron chi connectivity index (χ4n) is 5.76. The molecule has 2 saturated heterocycles. The molecule has 2 N–H and O–H groups in total. The van der Waals surface area contributed by atoms with Gasteiger partial charge in [-0.2, -0.15) is 0 Å². The van der Waals surface area contributed by atoms with E-state index in [0.717, 1.165) is 55.5 Å². The first-order valence-electron chi connectivity index (χ1n) is 13.7. The Labute approximate surface area is 226 Å². The molecule has 206 valence electrons. The van der Waals surface area contributed by atoms with Crippen molar-refractivity contribution < 1.29 is 28.2 Å². The van der Waals surface area contributed by atoms with E-state index in [4.69, 9.17) is 9.47 Å². The summed E-state index contributed by atoms with van der Waals surface area (Å²) in [5.74, 6) is -0.459. The molecule has 9 heteroatoms. The molecule has 3 aromatic rings. The Bertz CT molecular complexity index is 1370. The highest BCUT2D eigenvalue weighted by Gasteiger charge is 2.31. The van der Waals surface area contributed by atoms with Crippen LogP contribution >= 0.6 is 0 Å². The van der Waals surface area contributed by atoms with Crippen molar-refractivity contribution >= 4 is 22.4 Å². The molecule has 0 saturated carbocycles. The van der Waals surface area contributed by atoms with Crippen molar-refractivity contribution in [2.24, 2.45) is 5.92 Å². The Morgan fingerprint density at radius 3 is 2.64 bits per heavy atom. The molecule has 3 atom stereocenters. The molecule has 2 fully saturated rings. The fraction of sp³-hybridized carbons (Fsp3) is 0.433. The molecule has 0 bridgehead atoms. The topological polar surface area (TPSA) is 74.3 Å². The Balaban J connectivity index is 1.11. The summed E-state index contributed by atoms with van der Waals surface area (Å²) in [5.41, 5.74) is 1.41. The number of nitrogens with zero attached hydrogens (tertiary/aromatic N) is 2. The molecule has 0 spiro atoms. The third-order valence-electron chi connectivity index (χ3n) is 8.00. The third-order valence-corrected chi connectivity index (χ3v) is 8.00. The van der Waals surface area contributed by atoms with Gasteiger partial charge in [0.25, 0.3) is 0 Å². The number of amides is 1. The van der Waals surface area contributed by atoms with E-state index < -0.39 is 18.0 Å². The number of halogens is 2. The summed E-state index contributed by atoms with van der Waals surface area (Å²) in [5, 5.41) is 16.1. The van der Waals surface area contributed by atoms with Crippen LogP contribution in [0.1, 0.15) is 30.9 Å². The lowest BCUT2D eigenvalue weighted by Crippen LogP contribution is -2.51. The number of ether oxygens (including phenoxy) is 2. The third kappa shape index (κ3) is 5.65. The number of carbonyl (C=O) groups excluding carboxylic acids is 1. The van der Waals surface area contributed by atoms with Gasteiger partial charge in [-0.05, 0) is 84.6 Å². The number of anilines is 1. The van der Waals surface area contributed by atoms with Crippen LogP contribution in [0.3, 0.4) is 0 Å². The summed E-state index contributed by atoms with van der Waals surface area (Å²) in [6.07, 6.45) is 1.20. The van der Waals surface area contributed by atoms with E-state index in [1.165, 1.54) is 18.2 Å². The summed E-state index contributed by atoms with van der Waals surface area (Å²) in [6.45, 7) is 4.47. The smallest absolute Gasteiger partial charge is 0.220 e. The van der Waals surface area contributed by atoms with Crippen LogP contribution in [0.4, 0.5) is 14.5 Å². The van der Waals surface area contributed by atoms with Gasteiger partial charge in [-0.1, -0.05) is 12.1 Å². The minimum atomic E-state index is -1.10. The lowest BCUT2D eigenvalue weighted by Gasteiger charge is -2.36. The van der Waals surface area contributed by atoms with Crippen molar-refractivity contribution in [2.45, 2.75) is 31.4 Å². The van der Waals surface area contributed by atoms with E-state index in [1.807, 2.05) is 12.1 Å². The Hall–Kier alpha value is -3.43. The lowest BCUT2D eigenvalue weighted by molar-refractivity contribution is -0.123. The van der Waals surface area contributed by atoms with Crippen molar-refractivity contribution in [2.75, 3.05) is 50.8 Å². The van der Waals surface area contributed by atoms with Gasteiger partial charge < -0.3 is 29.7 Å². The van der Waals surface area contributed by atoms with E-state index in [2.05, 4.69) is 21.2 Å². The first-order chi connectivity index (χ1) is 18.9. The molecule has 0 radical (unpaired) electrons. The van der Waals surface area contributed by atoms with Crippen LogP contribution in [0.15, 0.2) is 48.5 Å².